The van der Waals surface area contributed by atoms with E-state index in [1.54, 1.807) is 0 Å². The highest BCUT2D eigenvalue weighted by Gasteiger charge is 1.96. The maximum atomic E-state index is 8.48. The van der Waals surface area contributed by atoms with Crippen molar-refractivity contribution in [3.8, 4) is 0 Å². The van der Waals surface area contributed by atoms with Crippen LogP contribution in [0.1, 0.15) is 32.1 Å². The molecule has 0 spiro atoms. The van der Waals surface area contributed by atoms with E-state index in [1.165, 1.54) is 0 Å². The van der Waals surface area contributed by atoms with Crippen LogP contribution in [-0.4, -0.2) is 20.7 Å². The molecule has 66 valence electrons. The molecule has 0 radical (unpaired) electrons. The quantitative estimate of drug-likeness (QED) is 0.260. The van der Waals surface area contributed by atoms with Crippen LogP contribution in [0.25, 0.3) is 0 Å². The average molecular weight is 194 g/mol. The number of unbranched alkanes of at least 4 members (excludes halogenated alkanes) is 2. The van der Waals surface area contributed by atoms with E-state index in [4.69, 9.17) is 22.4 Å². The Balaban J connectivity index is 2.97. The molecule has 0 saturated heterocycles. The van der Waals surface area contributed by atoms with E-state index < -0.39 is 6.29 Å². The third-order valence-corrected chi connectivity index (χ3v) is 1.78. The van der Waals surface area contributed by atoms with Crippen molar-refractivity contribution < 1.29 is 10.2 Å². The maximum absolute atomic E-state index is 8.48. The molecule has 0 amide bonds. The van der Waals surface area contributed by atoms with Crippen LogP contribution in [0, 0.1) is 0 Å². The van der Waals surface area contributed by atoms with Gasteiger partial charge in [-0.2, -0.15) is 0 Å². The summed E-state index contributed by atoms with van der Waals surface area (Å²) >= 11 is 8.74. The largest absolute Gasteiger partial charge is 0.368 e. The van der Waals surface area contributed by atoms with Gasteiger partial charge in [0.1, 0.15) is 0 Å². The van der Waals surface area contributed by atoms with Crippen molar-refractivity contribution in [2.24, 2.45) is 0 Å². The zero-order valence-electron chi connectivity index (χ0n) is 6.36. The third-order valence-electron chi connectivity index (χ3n) is 1.35. The molecule has 0 unspecified atom stereocenters. The SMILES string of the molecule is OC(O)CCCCCC(=S)S. The number of hydrogen-bond donors (Lipinski definition) is 3. The molecule has 11 heavy (non-hydrogen) atoms. The summed E-state index contributed by atoms with van der Waals surface area (Å²) in [6.45, 7) is 0. The molecule has 4 heteroatoms. The zero-order chi connectivity index (χ0) is 8.69. The van der Waals surface area contributed by atoms with Gasteiger partial charge in [0.25, 0.3) is 0 Å². The number of aliphatic hydroxyl groups is 2. The van der Waals surface area contributed by atoms with E-state index in [1.807, 2.05) is 0 Å². The summed E-state index contributed by atoms with van der Waals surface area (Å²) in [4.78, 5) is 0. The van der Waals surface area contributed by atoms with Crippen molar-refractivity contribution in [1.29, 1.82) is 0 Å². The van der Waals surface area contributed by atoms with Gasteiger partial charge in [0.05, 0.1) is 0 Å². The predicted molar refractivity (Wildman–Crippen MR) is 52.9 cm³/mol. The van der Waals surface area contributed by atoms with Crippen molar-refractivity contribution in [2.75, 3.05) is 0 Å². The Hall–Kier alpha value is 0.360. The zero-order valence-corrected chi connectivity index (χ0v) is 8.07. The fraction of sp³-hybridized carbons (Fsp3) is 0.857. The minimum absolute atomic E-state index is 0.458. The first kappa shape index (κ1) is 11.4. The van der Waals surface area contributed by atoms with Crippen LogP contribution < -0.4 is 0 Å². The van der Waals surface area contributed by atoms with Crippen LogP contribution in [0.2, 0.25) is 0 Å². The molecule has 0 aliphatic carbocycles. The Morgan fingerprint density at radius 1 is 1.27 bits per heavy atom. The fourth-order valence-electron chi connectivity index (χ4n) is 0.780. The second-order valence-corrected chi connectivity index (χ2v) is 3.81. The molecule has 0 aliphatic rings. The molecule has 0 bridgehead atoms. The first-order valence-electron chi connectivity index (χ1n) is 3.71. The number of rotatable bonds is 6. The molecule has 0 aromatic heterocycles. The molecule has 0 saturated carbocycles. The van der Waals surface area contributed by atoms with Gasteiger partial charge < -0.3 is 10.2 Å². The van der Waals surface area contributed by atoms with Crippen molar-refractivity contribution >= 4 is 29.0 Å². The standard InChI is InChI=1S/C7H14O2S2/c8-6(9)4-2-1-3-5-7(10)11/h6,8-9H,1-5H2,(H,10,11). The number of thiol groups is 1. The van der Waals surface area contributed by atoms with Gasteiger partial charge in [-0.25, -0.2) is 0 Å². The van der Waals surface area contributed by atoms with Crippen molar-refractivity contribution in [3.63, 3.8) is 0 Å². The second-order valence-electron chi connectivity index (χ2n) is 2.47. The van der Waals surface area contributed by atoms with Gasteiger partial charge in [-0.15, -0.1) is 12.6 Å². The minimum atomic E-state index is -1.15. The highest BCUT2D eigenvalue weighted by molar-refractivity contribution is 8.11. The van der Waals surface area contributed by atoms with Crippen molar-refractivity contribution in [3.05, 3.63) is 0 Å². The first-order chi connectivity index (χ1) is 5.13. The normalized spacial score (nSPS) is 10.5. The van der Waals surface area contributed by atoms with E-state index in [9.17, 15) is 0 Å². The van der Waals surface area contributed by atoms with E-state index in [-0.39, 0.29) is 0 Å². The highest BCUT2D eigenvalue weighted by atomic mass is 32.1. The Labute approximate surface area is 78.0 Å². The summed E-state index contributed by atoms with van der Waals surface area (Å²) in [6, 6.07) is 0. The second kappa shape index (κ2) is 7.03. The summed E-state index contributed by atoms with van der Waals surface area (Å²) in [6.07, 6.45) is 2.97. The Kier molecular flexibility index (Phi) is 7.26. The Morgan fingerprint density at radius 3 is 2.36 bits per heavy atom. The lowest BCUT2D eigenvalue weighted by Crippen LogP contribution is -2.02. The highest BCUT2D eigenvalue weighted by Crippen LogP contribution is 2.06. The lowest BCUT2D eigenvalue weighted by Gasteiger charge is -2.01. The van der Waals surface area contributed by atoms with Gasteiger partial charge in [-0.05, 0) is 25.7 Å². The lowest BCUT2D eigenvalue weighted by molar-refractivity contribution is -0.0465. The third kappa shape index (κ3) is 10.4. The van der Waals surface area contributed by atoms with Crippen molar-refractivity contribution in [2.45, 2.75) is 38.4 Å². The Morgan fingerprint density at radius 2 is 1.91 bits per heavy atom. The molecule has 0 atom stereocenters. The minimum Gasteiger partial charge on any atom is -0.368 e. The number of hydrogen-bond acceptors (Lipinski definition) is 3. The molecule has 2 N–H and O–H groups in total. The molecule has 0 fully saturated rings. The molecule has 0 aliphatic heterocycles. The molecule has 0 rings (SSSR count). The topological polar surface area (TPSA) is 40.5 Å². The maximum Gasteiger partial charge on any atom is 0.151 e. The molecule has 0 aromatic carbocycles. The van der Waals surface area contributed by atoms with E-state index in [0.717, 1.165) is 29.9 Å². The van der Waals surface area contributed by atoms with E-state index in [2.05, 4.69) is 12.6 Å². The van der Waals surface area contributed by atoms with Crippen LogP contribution in [0.15, 0.2) is 0 Å². The van der Waals surface area contributed by atoms with E-state index in [0.29, 0.717) is 6.42 Å². The van der Waals surface area contributed by atoms with Crippen LogP contribution in [-0.2, 0) is 0 Å². The summed E-state index contributed by atoms with van der Waals surface area (Å²) in [7, 11) is 0. The smallest absolute Gasteiger partial charge is 0.151 e. The summed E-state index contributed by atoms with van der Waals surface area (Å²) in [5.74, 6) is 0. The molecule has 2 nitrogen and oxygen atoms in total. The van der Waals surface area contributed by atoms with Crippen LogP contribution in [0.3, 0.4) is 0 Å². The van der Waals surface area contributed by atoms with Gasteiger partial charge in [-0.1, -0.05) is 18.6 Å². The summed E-state index contributed by atoms with van der Waals surface area (Å²) < 4.78 is 0.731. The predicted octanol–water partition coefficient (Wildman–Crippen LogP) is 1.50. The molecular weight excluding hydrogens is 180 g/mol. The van der Waals surface area contributed by atoms with E-state index >= 15 is 0 Å². The lowest BCUT2D eigenvalue weighted by atomic mass is 10.1. The Bertz CT molecular complexity index is 115. The van der Waals surface area contributed by atoms with Crippen LogP contribution >= 0.6 is 24.8 Å². The van der Waals surface area contributed by atoms with Crippen molar-refractivity contribution in [1.82, 2.24) is 0 Å². The van der Waals surface area contributed by atoms with Gasteiger partial charge in [-0.3, -0.25) is 0 Å². The van der Waals surface area contributed by atoms with Gasteiger partial charge in [0, 0.05) is 4.20 Å². The molecule has 0 heterocycles. The van der Waals surface area contributed by atoms with Gasteiger partial charge >= 0.3 is 0 Å². The van der Waals surface area contributed by atoms with Gasteiger partial charge in [0.2, 0.25) is 0 Å². The summed E-state index contributed by atoms with van der Waals surface area (Å²) in [5.41, 5.74) is 0. The number of thiocarbonyl (C=S) groups is 1. The average Bonchev–Trinajstić information content (AvgIpc) is 1.85. The fourth-order valence-corrected chi connectivity index (χ4v) is 1.08. The molecule has 0 aromatic rings. The van der Waals surface area contributed by atoms with Gasteiger partial charge in [0.15, 0.2) is 6.29 Å². The monoisotopic (exact) mass is 194 g/mol. The molecular formula is C7H14O2S2. The number of aliphatic hydroxyl groups excluding tert-OH is 1. The van der Waals surface area contributed by atoms with Crippen LogP contribution in [0.4, 0.5) is 0 Å². The summed E-state index contributed by atoms with van der Waals surface area (Å²) in [5, 5.41) is 17.0. The first-order valence-corrected chi connectivity index (χ1v) is 4.56. The van der Waals surface area contributed by atoms with Crippen LogP contribution in [0.5, 0.6) is 0 Å².